The SMILES string of the molecule is NCc1cnc2c(O)cccc2c1Cl. The van der Waals surface area contributed by atoms with E-state index in [9.17, 15) is 5.11 Å². The van der Waals surface area contributed by atoms with Gasteiger partial charge in [-0.15, -0.1) is 0 Å². The van der Waals surface area contributed by atoms with Crippen LogP contribution in [0.15, 0.2) is 24.4 Å². The number of benzene rings is 1. The summed E-state index contributed by atoms with van der Waals surface area (Å²) in [5.41, 5.74) is 6.78. The molecule has 14 heavy (non-hydrogen) atoms. The minimum atomic E-state index is 0.132. The fraction of sp³-hybridized carbons (Fsp3) is 0.100. The minimum Gasteiger partial charge on any atom is -0.506 e. The Labute approximate surface area is 86.1 Å². The van der Waals surface area contributed by atoms with E-state index in [2.05, 4.69) is 4.98 Å². The zero-order chi connectivity index (χ0) is 10.1. The van der Waals surface area contributed by atoms with E-state index in [0.717, 1.165) is 10.9 Å². The molecule has 0 unspecified atom stereocenters. The number of phenolic OH excluding ortho intramolecular Hbond substituents is 1. The van der Waals surface area contributed by atoms with Crippen LogP contribution >= 0.6 is 11.6 Å². The summed E-state index contributed by atoms with van der Waals surface area (Å²) >= 11 is 6.08. The zero-order valence-electron chi connectivity index (χ0n) is 7.37. The molecular formula is C10H9ClN2O. The molecule has 0 saturated heterocycles. The molecule has 3 N–H and O–H groups in total. The molecule has 4 heteroatoms. The lowest BCUT2D eigenvalue weighted by Gasteiger charge is -2.05. The molecule has 0 aliphatic rings. The van der Waals surface area contributed by atoms with Crippen LogP contribution in [0.25, 0.3) is 10.9 Å². The van der Waals surface area contributed by atoms with Crippen LogP contribution < -0.4 is 5.73 Å². The molecule has 1 aromatic heterocycles. The molecule has 0 radical (unpaired) electrons. The van der Waals surface area contributed by atoms with Crippen molar-refractivity contribution in [2.75, 3.05) is 0 Å². The number of aromatic nitrogens is 1. The van der Waals surface area contributed by atoms with Gasteiger partial charge in [-0.2, -0.15) is 0 Å². The standard InChI is InChI=1S/C10H9ClN2O/c11-9-6(4-12)5-13-10-7(9)2-1-3-8(10)14/h1-3,5,14H,4,12H2. The number of hydrogen-bond acceptors (Lipinski definition) is 3. The number of fused-ring (bicyclic) bond motifs is 1. The predicted molar refractivity (Wildman–Crippen MR) is 56.3 cm³/mol. The van der Waals surface area contributed by atoms with Gasteiger partial charge in [-0.25, -0.2) is 0 Å². The average Bonchev–Trinajstić information content (AvgIpc) is 2.20. The van der Waals surface area contributed by atoms with E-state index in [4.69, 9.17) is 17.3 Å². The summed E-state index contributed by atoms with van der Waals surface area (Å²) in [4.78, 5) is 4.10. The Morgan fingerprint density at radius 2 is 2.21 bits per heavy atom. The Hall–Kier alpha value is -1.32. The number of phenols is 1. The van der Waals surface area contributed by atoms with E-state index in [1.807, 2.05) is 6.07 Å². The molecule has 1 aromatic carbocycles. The van der Waals surface area contributed by atoms with Gasteiger partial charge in [0, 0.05) is 23.7 Å². The third-order valence-corrected chi connectivity index (χ3v) is 2.55. The van der Waals surface area contributed by atoms with Crippen molar-refractivity contribution in [2.24, 2.45) is 5.73 Å². The van der Waals surface area contributed by atoms with Crippen LogP contribution in [0, 0.1) is 0 Å². The second-order valence-corrected chi connectivity index (χ2v) is 3.35. The van der Waals surface area contributed by atoms with E-state index in [0.29, 0.717) is 17.1 Å². The van der Waals surface area contributed by atoms with Gasteiger partial charge in [0.2, 0.25) is 0 Å². The highest BCUT2D eigenvalue weighted by Crippen LogP contribution is 2.29. The molecule has 1 heterocycles. The average molecular weight is 209 g/mol. The second-order valence-electron chi connectivity index (χ2n) is 2.97. The van der Waals surface area contributed by atoms with Crippen molar-refractivity contribution in [2.45, 2.75) is 6.54 Å². The topological polar surface area (TPSA) is 59.1 Å². The highest BCUT2D eigenvalue weighted by molar-refractivity contribution is 6.36. The van der Waals surface area contributed by atoms with Gasteiger partial charge >= 0.3 is 0 Å². The molecule has 0 atom stereocenters. The third-order valence-electron chi connectivity index (χ3n) is 2.10. The maximum atomic E-state index is 9.51. The summed E-state index contributed by atoms with van der Waals surface area (Å²) in [6.07, 6.45) is 1.59. The van der Waals surface area contributed by atoms with E-state index in [1.165, 1.54) is 0 Å². The fourth-order valence-corrected chi connectivity index (χ4v) is 1.64. The molecule has 72 valence electrons. The second kappa shape index (κ2) is 3.44. The largest absolute Gasteiger partial charge is 0.506 e. The van der Waals surface area contributed by atoms with Gasteiger partial charge in [0.05, 0.1) is 5.02 Å². The lowest BCUT2D eigenvalue weighted by Crippen LogP contribution is -1.98. The molecule has 0 bridgehead atoms. The molecule has 0 amide bonds. The van der Waals surface area contributed by atoms with Crippen LogP contribution in [-0.2, 0) is 6.54 Å². The Morgan fingerprint density at radius 1 is 1.43 bits per heavy atom. The van der Waals surface area contributed by atoms with E-state index in [1.54, 1.807) is 18.3 Å². The Kier molecular flexibility index (Phi) is 2.27. The summed E-state index contributed by atoms with van der Waals surface area (Å²) in [6.45, 7) is 0.345. The van der Waals surface area contributed by atoms with Gasteiger partial charge in [-0.1, -0.05) is 23.7 Å². The summed E-state index contributed by atoms with van der Waals surface area (Å²) < 4.78 is 0. The molecule has 0 aliphatic carbocycles. The third kappa shape index (κ3) is 1.31. The van der Waals surface area contributed by atoms with E-state index >= 15 is 0 Å². The number of aromatic hydroxyl groups is 1. The minimum absolute atomic E-state index is 0.132. The van der Waals surface area contributed by atoms with E-state index < -0.39 is 0 Å². The van der Waals surface area contributed by atoms with Crippen LogP contribution in [0.2, 0.25) is 5.02 Å². The number of rotatable bonds is 1. The van der Waals surface area contributed by atoms with Gasteiger partial charge in [-0.05, 0) is 6.07 Å². The summed E-state index contributed by atoms with van der Waals surface area (Å²) in [7, 11) is 0. The number of para-hydroxylation sites is 1. The van der Waals surface area contributed by atoms with E-state index in [-0.39, 0.29) is 5.75 Å². The van der Waals surface area contributed by atoms with Gasteiger partial charge in [0.15, 0.2) is 0 Å². The molecule has 0 spiro atoms. The summed E-state index contributed by atoms with van der Waals surface area (Å²) in [5.74, 6) is 0.132. The highest BCUT2D eigenvalue weighted by atomic mass is 35.5. The summed E-state index contributed by atoms with van der Waals surface area (Å²) in [6, 6.07) is 5.11. The van der Waals surface area contributed by atoms with Crippen molar-refractivity contribution in [3.63, 3.8) is 0 Å². The predicted octanol–water partition coefficient (Wildman–Crippen LogP) is 2.05. The van der Waals surface area contributed by atoms with Crippen molar-refractivity contribution < 1.29 is 5.11 Å². The van der Waals surface area contributed by atoms with Gasteiger partial charge < -0.3 is 10.8 Å². The lowest BCUT2D eigenvalue weighted by atomic mass is 10.1. The first-order valence-corrected chi connectivity index (χ1v) is 4.57. The number of pyridine rings is 1. The van der Waals surface area contributed by atoms with Crippen molar-refractivity contribution in [1.82, 2.24) is 4.98 Å². The van der Waals surface area contributed by atoms with Crippen molar-refractivity contribution in [3.8, 4) is 5.75 Å². The quantitative estimate of drug-likeness (QED) is 0.754. The smallest absolute Gasteiger partial charge is 0.141 e. The molecular weight excluding hydrogens is 200 g/mol. The molecule has 2 aromatic rings. The Bertz CT molecular complexity index is 485. The van der Waals surface area contributed by atoms with Crippen molar-refractivity contribution in [3.05, 3.63) is 35.0 Å². The Morgan fingerprint density at radius 3 is 2.93 bits per heavy atom. The number of halogens is 1. The molecule has 2 rings (SSSR count). The maximum absolute atomic E-state index is 9.51. The van der Waals surface area contributed by atoms with Gasteiger partial charge in [0.1, 0.15) is 11.3 Å². The number of hydrogen-bond donors (Lipinski definition) is 2. The molecule has 0 aliphatic heterocycles. The monoisotopic (exact) mass is 208 g/mol. The summed E-state index contributed by atoms with van der Waals surface area (Å²) in [5, 5.41) is 10.8. The van der Waals surface area contributed by atoms with Crippen molar-refractivity contribution >= 4 is 22.5 Å². The van der Waals surface area contributed by atoms with Crippen LogP contribution in [0.3, 0.4) is 0 Å². The van der Waals surface area contributed by atoms with Gasteiger partial charge in [-0.3, -0.25) is 4.98 Å². The first-order chi connectivity index (χ1) is 6.74. The molecule has 0 saturated carbocycles. The first kappa shape index (κ1) is 9.24. The zero-order valence-corrected chi connectivity index (χ0v) is 8.12. The van der Waals surface area contributed by atoms with Crippen molar-refractivity contribution in [1.29, 1.82) is 0 Å². The van der Waals surface area contributed by atoms with Crippen LogP contribution in [0.4, 0.5) is 0 Å². The number of nitrogens with zero attached hydrogens (tertiary/aromatic N) is 1. The lowest BCUT2D eigenvalue weighted by molar-refractivity contribution is 0.480. The van der Waals surface area contributed by atoms with Crippen LogP contribution in [0.1, 0.15) is 5.56 Å². The van der Waals surface area contributed by atoms with Crippen LogP contribution in [0.5, 0.6) is 5.75 Å². The highest BCUT2D eigenvalue weighted by Gasteiger charge is 2.07. The molecule has 3 nitrogen and oxygen atoms in total. The fourth-order valence-electron chi connectivity index (χ4n) is 1.36. The maximum Gasteiger partial charge on any atom is 0.141 e. The Balaban J connectivity index is 2.84. The first-order valence-electron chi connectivity index (χ1n) is 4.19. The number of nitrogens with two attached hydrogens (primary N) is 1. The van der Waals surface area contributed by atoms with Crippen LogP contribution in [-0.4, -0.2) is 10.1 Å². The molecule has 0 fully saturated rings. The normalized spacial score (nSPS) is 10.7. The van der Waals surface area contributed by atoms with Gasteiger partial charge in [0.25, 0.3) is 0 Å².